The molecule has 202 valence electrons. The van der Waals surface area contributed by atoms with Crippen molar-refractivity contribution in [3.8, 4) is 22.6 Å². The van der Waals surface area contributed by atoms with Crippen LogP contribution in [0.5, 0.6) is 11.5 Å². The average Bonchev–Trinajstić information content (AvgIpc) is 2.87. The van der Waals surface area contributed by atoms with Crippen molar-refractivity contribution in [3.05, 3.63) is 83.9 Å². The SMILES string of the molecule is CCOc1cc(-c2ccc(OCCC(OC(N)=O)[C@H](O)c3ccccc3)cc2)ccc1C(=O)NS(C)(=O)=O. The number of hydrogen-bond donors (Lipinski definition) is 3. The Labute approximate surface area is 221 Å². The quantitative estimate of drug-likeness (QED) is 0.315. The third kappa shape index (κ3) is 8.22. The van der Waals surface area contributed by atoms with Crippen molar-refractivity contribution in [1.29, 1.82) is 0 Å². The largest absolute Gasteiger partial charge is 0.493 e. The van der Waals surface area contributed by atoms with Crippen LogP contribution in [0.25, 0.3) is 11.1 Å². The molecule has 0 saturated carbocycles. The monoisotopic (exact) mass is 542 g/mol. The predicted octanol–water partition coefficient (Wildman–Crippen LogP) is 3.41. The van der Waals surface area contributed by atoms with Gasteiger partial charge in [-0.05, 0) is 47.9 Å². The van der Waals surface area contributed by atoms with Crippen LogP contribution in [0.1, 0.15) is 35.4 Å². The Kier molecular flexibility index (Phi) is 9.69. The van der Waals surface area contributed by atoms with Gasteiger partial charge < -0.3 is 25.1 Å². The summed E-state index contributed by atoms with van der Waals surface area (Å²) in [6, 6.07) is 20.8. The normalized spacial score (nSPS) is 12.7. The lowest BCUT2D eigenvalue weighted by Crippen LogP contribution is -2.30. The lowest BCUT2D eigenvalue weighted by atomic mass is 10.0. The Morgan fingerprint density at radius 1 is 0.974 bits per heavy atom. The van der Waals surface area contributed by atoms with Gasteiger partial charge in [0.1, 0.15) is 23.7 Å². The second kappa shape index (κ2) is 12.9. The summed E-state index contributed by atoms with van der Waals surface area (Å²) >= 11 is 0. The highest BCUT2D eigenvalue weighted by atomic mass is 32.2. The number of nitrogens with two attached hydrogens (primary N) is 1. The first-order chi connectivity index (χ1) is 18.1. The number of sulfonamides is 1. The Morgan fingerprint density at radius 3 is 2.24 bits per heavy atom. The van der Waals surface area contributed by atoms with Gasteiger partial charge in [0.05, 0.1) is 25.0 Å². The van der Waals surface area contributed by atoms with E-state index in [4.69, 9.17) is 19.9 Å². The van der Waals surface area contributed by atoms with E-state index in [1.165, 1.54) is 6.07 Å². The zero-order valence-corrected chi connectivity index (χ0v) is 21.8. The number of amides is 2. The molecule has 0 aliphatic carbocycles. The van der Waals surface area contributed by atoms with E-state index < -0.39 is 34.2 Å². The minimum absolute atomic E-state index is 0.103. The molecular weight excluding hydrogens is 512 g/mol. The second-order valence-electron chi connectivity index (χ2n) is 8.34. The molecule has 0 aliphatic rings. The topological polar surface area (TPSA) is 154 Å². The van der Waals surface area contributed by atoms with Crippen molar-refractivity contribution < 1.29 is 37.3 Å². The van der Waals surface area contributed by atoms with Crippen LogP contribution in [0.2, 0.25) is 0 Å². The molecule has 0 fully saturated rings. The molecule has 4 N–H and O–H groups in total. The van der Waals surface area contributed by atoms with Gasteiger partial charge >= 0.3 is 6.09 Å². The van der Waals surface area contributed by atoms with E-state index in [9.17, 15) is 23.1 Å². The summed E-state index contributed by atoms with van der Waals surface area (Å²) in [5, 5.41) is 10.6. The highest BCUT2D eigenvalue weighted by Crippen LogP contribution is 2.29. The van der Waals surface area contributed by atoms with E-state index >= 15 is 0 Å². The second-order valence-corrected chi connectivity index (χ2v) is 10.1. The van der Waals surface area contributed by atoms with E-state index in [1.807, 2.05) is 22.9 Å². The van der Waals surface area contributed by atoms with Crippen molar-refractivity contribution in [2.75, 3.05) is 19.5 Å². The zero-order valence-electron chi connectivity index (χ0n) is 21.0. The minimum atomic E-state index is -3.72. The van der Waals surface area contributed by atoms with Gasteiger partial charge in [-0.1, -0.05) is 48.5 Å². The maximum atomic E-state index is 12.3. The maximum Gasteiger partial charge on any atom is 0.404 e. The Balaban J connectivity index is 1.67. The van der Waals surface area contributed by atoms with Crippen molar-refractivity contribution >= 4 is 22.0 Å². The maximum absolute atomic E-state index is 12.3. The number of aliphatic hydroxyl groups is 1. The van der Waals surface area contributed by atoms with Gasteiger partial charge in [-0.3, -0.25) is 4.79 Å². The number of nitrogens with one attached hydrogen (secondary N) is 1. The number of hydrogen-bond acceptors (Lipinski definition) is 8. The van der Waals surface area contributed by atoms with Crippen molar-refractivity contribution in [2.45, 2.75) is 25.6 Å². The zero-order chi connectivity index (χ0) is 27.7. The molecule has 0 saturated heterocycles. The van der Waals surface area contributed by atoms with E-state index in [0.29, 0.717) is 11.3 Å². The molecule has 11 heteroatoms. The summed E-state index contributed by atoms with van der Waals surface area (Å²) in [5.41, 5.74) is 7.43. The number of rotatable bonds is 12. The molecular formula is C27H30N2O8S. The fraction of sp³-hybridized carbons (Fsp3) is 0.259. The van der Waals surface area contributed by atoms with E-state index in [-0.39, 0.29) is 30.9 Å². The van der Waals surface area contributed by atoms with Gasteiger partial charge in [-0.15, -0.1) is 0 Å². The Hall–Kier alpha value is -4.09. The van der Waals surface area contributed by atoms with Crippen molar-refractivity contribution in [1.82, 2.24) is 4.72 Å². The third-order valence-electron chi connectivity index (χ3n) is 5.42. The van der Waals surface area contributed by atoms with Crippen LogP contribution in [0.3, 0.4) is 0 Å². The first-order valence-electron chi connectivity index (χ1n) is 11.8. The lowest BCUT2D eigenvalue weighted by Gasteiger charge is -2.22. The van der Waals surface area contributed by atoms with Gasteiger partial charge in [0, 0.05) is 6.42 Å². The fourth-order valence-corrected chi connectivity index (χ4v) is 4.17. The Bertz CT molecular complexity index is 1350. The molecule has 0 radical (unpaired) electrons. The summed E-state index contributed by atoms with van der Waals surface area (Å²) in [6.45, 7) is 2.20. The minimum Gasteiger partial charge on any atom is -0.493 e. The van der Waals surface area contributed by atoms with Gasteiger partial charge in [0.15, 0.2) is 0 Å². The van der Waals surface area contributed by atoms with Crippen LogP contribution in [0.4, 0.5) is 4.79 Å². The smallest absolute Gasteiger partial charge is 0.404 e. The van der Waals surface area contributed by atoms with Crippen LogP contribution in [0, 0.1) is 0 Å². The summed E-state index contributed by atoms with van der Waals surface area (Å²) in [4.78, 5) is 23.7. The molecule has 3 aromatic rings. The molecule has 2 atom stereocenters. The molecule has 0 aromatic heterocycles. The number of carbonyl (C=O) groups excluding carboxylic acids is 2. The molecule has 10 nitrogen and oxygen atoms in total. The molecule has 0 aliphatic heterocycles. The first kappa shape index (κ1) is 28.5. The molecule has 1 unspecified atom stereocenters. The number of primary amides is 1. The molecule has 0 spiro atoms. The molecule has 2 amide bonds. The highest BCUT2D eigenvalue weighted by Gasteiger charge is 2.24. The van der Waals surface area contributed by atoms with E-state index in [2.05, 4.69) is 0 Å². The van der Waals surface area contributed by atoms with E-state index in [1.54, 1.807) is 55.5 Å². The average molecular weight is 543 g/mol. The van der Waals surface area contributed by atoms with Crippen molar-refractivity contribution in [3.63, 3.8) is 0 Å². The van der Waals surface area contributed by atoms with Crippen LogP contribution >= 0.6 is 0 Å². The highest BCUT2D eigenvalue weighted by molar-refractivity contribution is 7.89. The number of ether oxygens (including phenoxy) is 3. The van der Waals surface area contributed by atoms with Crippen molar-refractivity contribution in [2.24, 2.45) is 5.73 Å². The molecule has 0 heterocycles. The summed E-state index contributed by atoms with van der Waals surface area (Å²) in [6.07, 6.45) is -1.82. The predicted molar refractivity (Wildman–Crippen MR) is 141 cm³/mol. The van der Waals surface area contributed by atoms with Crippen LogP contribution in [-0.2, 0) is 14.8 Å². The van der Waals surface area contributed by atoms with Gasteiger partial charge in [-0.25, -0.2) is 17.9 Å². The lowest BCUT2D eigenvalue weighted by molar-refractivity contribution is -0.00537. The first-order valence-corrected chi connectivity index (χ1v) is 13.7. The third-order valence-corrected chi connectivity index (χ3v) is 5.98. The van der Waals surface area contributed by atoms with Gasteiger partial charge in [-0.2, -0.15) is 0 Å². The molecule has 38 heavy (non-hydrogen) atoms. The van der Waals surface area contributed by atoms with Gasteiger partial charge in [0.2, 0.25) is 10.0 Å². The summed E-state index contributed by atoms with van der Waals surface area (Å²) < 4.78 is 41.3. The molecule has 0 bridgehead atoms. The molecule has 3 aromatic carbocycles. The van der Waals surface area contributed by atoms with Crippen LogP contribution < -0.4 is 19.9 Å². The standard InChI is InChI=1S/C27H30N2O8S/c1-3-35-24-17-20(11-14-22(24)26(31)29-38(2,33)34)18-9-12-21(13-10-18)36-16-15-23(37-27(28)32)25(30)19-7-5-4-6-8-19/h4-14,17,23,25,30H,3,15-16H2,1-2H3,(H2,28,32)(H,29,31)/t23?,25-/m1/s1. The fourth-order valence-electron chi connectivity index (χ4n) is 3.72. The molecule has 3 rings (SSSR count). The summed E-state index contributed by atoms with van der Waals surface area (Å²) in [5.74, 6) is 0.0288. The Morgan fingerprint density at radius 2 is 1.63 bits per heavy atom. The number of aliphatic hydroxyl groups excluding tert-OH is 1. The summed E-state index contributed by atoms with van der Waals surface area (Å²) in [7, 11) is -3.72. The van der Waals surface area contributed by atoms with Gasteiger partial charge in [0.25, 0.3) is 5.91 Å². The van der Waals surface area contributed by atoms with Crippen LogP contribution in [-0.4, -0.2) is 51.1 Å². The van der Waals surface area contributed by atoms with E-state index in [0.717, 1.165) is 17.4 Å². The number of carbonyl (C=O) groups is 2. The van der Waals surface area contributed by atoms with Crippen LogP contribution in [0.15, 0.2) is 72.8 Å². The number of benzene rings is 3.